The molecule has 2 amide bonds. The molecular weight excluding hydrogens is 314 g/mol. The Morgan fingerprint density at radius 2 is 1.88 bits per heavy atom. The summed E-state index contributed by atoms with van der Waals surface area (Å²) in [7, 11) is 0. The zero-order chi connectivity index (χ0) is 17.8. The summed E-state index contributed by atoms with van der Waals surface area (Å²) in [5.74, 6) is 0.213. The number of anilines is 1. The van der Waals surface area contributed by atoms with Crippen LogP contribution >= 0.6 is 0 Å². The third-order valence-electron chi connectivity index (χ3n) is 4.81. The molecule has 2 aromatic rings. The number of hydrogen-bond acceptors (Lipinski definition) is 3. The van der Waals surface area contributed by atoms with E-state index >= 15 is 0 Å². The molecule has 5 nitrogen and oxygen atoms in total. The zero-order valence-electron chi connectivity index (χ0n) is 14.8. The lowest BCUT2D eigenvalue weighted by molar-refractivity contribution is 0.179. The van der Waals surface area contributed by atoms with Crippen LogP contribution in [0.1, 0.15) is 31.0 Å². The third kappa shape index (κ3) is 3.61. The predicted octanol–water partition coefficient (Wildman–Crippen LogP) is 3.67. The van der Waals surface area contributed by atoms with Crippen molar-refractivity contribution in [1.82, 2.24) is 9.80 Å². The number of carbonyl (C=O) groups is 1. The molecule has 2 N–H and O–H groups in total. The maximum Gasteiger partial charge on any atom is 0.322 e. The second-order valence-electron chi connectivity index (χ2n) is 6.24. The summed E-state index contributed by atoms with van der Waals surface area (Å²) < 4.78 is 0. The Labute approximate surface area is 148 Å². The van der Waals surface area contributed by atoms with Crippen molar-refractivity contribution in [3.8, 4) is 5.75 Å². The van der Waals surface area contributed by atoms with Crippen LogP contribution in [0.4, 0.5) is 10.5 Å². The highest BCUT2D eigenvalue weighted by atomic mass is 16.3. The number of rotatable bonds is 6. The first-order chi connectivity index (χ1) is 12.1. The van der Waals surface area contributed by atoms with E-state index in [0.29, 0.717) is 6.54 Å². The van der Waals surface area contributed by atoms with Gasteiger partial charge in [-0.3, -0.25) is 0 Å². The SMILES string of the molecule is CCN(CC)CCN1C(=O)Nc2ccccc2C1c1cccc(O)c1. The predicted molar refractivity (Wildman–Crippen MR) is 99.9 cm³/mol. The number of hydrogen-bond donors (Lipinski definition) is 2. The highest BCUT2D eigenvalue weighted by molar-refractivity contribution is 5.93. The van der Waals surface area contributed by atoms with Crippen LogP contribution in [0.15, 0.2) is 48.5 Å². The summed E-state index contributed by atoms with van der Waals surface area (Å²) in [5, 5.41) is 12.9. The summed E-state index contributed by atoms with van der Waals surface area (Å²) in [6.07, 6.45) is 0. The van der Waals surface area contributed by atoms with Gasteiger partial charge >= 0.3 is 6.03 Å². The monoisotopic (exact) mass is 339 g/mol. The Bertz CT molecular complexity index is 743. The first kappa shape index (κ1) is 17.3. The largest absolute Gasteiger partial charge is 0.508 e. The lowest BCUT2D eigenvalue weighted by Gasteiger charge is -2.38. The average Bonchev–Trinajstić information content (AvgIpc) is 2.62. The maximum atomic E-state index is 12.7. The van der Waals surface area contributed by atoms with Crippen molar-refractivity contribution in [2.45, 2.75) is 19.9 Å². The fraction of sp³-hybridized carbons (Fsp3) is 0.350. The standard InChI is InChI=1S/C20H25N3O2/c1-3-22(4-2)12-13-23-19(15-8-7-9-16(24)14-15)17-10-5-6-11-18(17)21-20(23)25/h5-11,14,19,24H,3-4,12-13H2,1-2H3,(H,21,25). The molecule has 1 unspecified atom stereocenters. The van der Waals surface area contributed by atoms with E-state index in [0.717, 1.165) is 36.4 Å². The van der Waals surface area contributed by atoms with Gasteiger partial charge in [-0.15, -0.1) is 0 Å². The van der Waals surface area contributed by atoms with Gasteiger partial charge in [0.2, 0.25) is 0 Å². The van der Waals surface area contributed by atoms with E-state index in [9.17, 15) is 9.90 Å². The molecule has 0 bridgehead atoms. The molecule has 0 saturated heterocycles. The van der Waals surface area contributed by atoms with Gasteiger partial charge in [-0.25, -0.2) is 4.79 Å². The van der Waals surface area contributed by atoms with Gasteiger partial charge in [0.1, 0.15) is 5.75 Å². The fourth-order valence-corrected chi connectivity index (χ4v) is 3.40. The fourth-order valence-electron chi connectivity index (χ4n) is 3.40. The summed E-state index contributed by atoms with van der Waals surface area (Å²) >= 11 is 0. The number of phenolic OH excluding ortho intramolecular Hbond substituents is 1. The van der Waals surface area contributed by atoms with Crippen LogP contribution in [0.2, 0.25) is 0 Å². The minimum atomic E-state index is -0.201. The van der Waals surface area contributed by atoms with Crippen LogP contribution in [0.25, 0.3) is 0 Å². The van der Waals surface area contributed by atoms with E-state index in [4.69, 9.17) is 0 Å². The van der Waals surface area contributed by atoms with Crippen molar-refractivity contribution >= 4 is 11.7 Å². The number of para-hydroxylation sites is 1. The van der Waals surface area contributed by atoms with E-state index in [-0.39, 0.29) is 17.8 Å². The van der Waals surface area contributed by atoms with E-state index in [1.54, 1.807) is 12.1 Å². The number of nitrogens with zero attached hydrogens (tertiary/aromatic N) is 2. The first-order valence-electron chi connectivity index (χ1n) is 8.81. The van der Waals surface area contributed by atoms with Crippen molar-refractivity contribution in [3.05, 3.63) is 59.7 Å². The van der Waals surface area contributed by atoms with Gasteiger partial charge in [-0.2, -0.15) is 0 Å². The minimum Gasteiger partial charge on any atom is -0.508 e. The summed E-state index contributed by atoms with van der Waals surface area (Å²) in [6, 6.07) is 14.7. The van der Waals surface area contributed by atoms with Gasteiger partial charge in [0.15, 0.2) is 0 Å². The van der Waals surface area contributed by atoms with Gasteiger partial charge < -0.3 is 20.2 Å². The molecule has 3 rings (SSSR count). The summed E-state index contributed by atoms with van der Waals surface area (Å²) in [5.41, 5.74) is 2.80. The van der Waals surface area contributed by atoms with Crippen molar-refractivity contribution < 1.29 is 9.90 Å². The number of amides is 2. The van der Waals surface area contributed by atoms with Crippen LogP contribution in [0, 0.1) is 0 Å². The topological polar surface area (TPSA) is 55.8 Å². The van der Waals surface area contributed by atoms with Gasteiger partial charge in [0, 0.05) is 24.3 Å². The number of likely N-dealkylation sites (N-methyl/N-ethyl adjacent to an activating group) is 1. The van der Waals surface area contributed by atoms with E-state index in [2.05, 4.69) is 24.1 Å². The molecule has 1 atom stereocenters. The number of carbonyl (C=O) groups excluding carboxylic acids is 1. The van der Waals surface area contributed by atoms with Gasteiger partial charge in [-0.05, 0) is 36.9 Å². The van der Waals surface area contributed by atoms with E-state index < -0.39 is 0 Å². The molecule has 5 heteroatoms. The van der Waals surface area contributed by atoms with Crippen molar-refractivity contribution in [2.75, 3.05) is 31.5 Å². The second kappa shape index (κ2) is 7.57. The summed E-state index contributed by atoms with van der Waals surface area (Å²) in [6.45, 7) is 7.61. The Balaban J connectivity index is 1.98. The lowest BCUT2D eigenvalue weighted by atomic mass is 9.93. The van der Waals surface area contributed by atoms with E-state index in [1.165, 1.54) is 0 Å². The van der Waals surface area contributed by atoms with Crippen LogP contribution in [0.5, 0.6) is 5.75 Å². The molecule has 0 spiro atoms. The molecule has 1 aliphatic rings. The zero-order valence-corrected chi connectivity index (χ0v) is 14.8. The molecule has 0 fully saturated rings. The molecule has 1 aliphatic heterocycles. The van der Waals surface area contributed by atoms with Gasteiger partial charge in [0.25, 0.3) is 0 Å². The smallest absolute Gasteiger partial charge is 0.322 e. The molecule has 0 aromatic heterocycles. The number of fused-ring (bicyclic) bond motifs is 1. The molecule has 1 heterocycles. The molecule has 0 aliphatic carbocycles. The van der Waals surface area contributed by atoms with Gasteiger partial charge in [0.05, 0.1) is 6.04 Å². The summed E-state index contributed by atoms with van der Waals surface area (Å²) in [4.78, 5) is 16.9. The normalized spacial score (nSPS) is 16.7. The molecule has 0 saturated carbocycles. The maximum absolute atomic E-state index is 12.7. The number of urea groups is 1. The molecule has 132 valence electrons. The van der Waals surface area contributed by atoms with Crippen LogP contribution < -0.4 is 5.32 Å². The van der Waals surface area contributed by atoms with Gasteiger partial charge in [-0.1, -0.05) is 44.2 Å². The molecule has 0 radical (unpaired) electrons. The molecular formula is C20H25N3O2. The first-order valence-corrected chi connectivity index (χ1v) is 8.81. The Hall–Kier alpha value is -2.53. The highest BCUT2D eigenvalue weighted by Gasteiger charge is 2.33. The molecule has 2 aromatic carbocycles. The highest BCUT2D eigenvalue weighted by Crippen LogP contribution is 2.38. The Morgan fingerprint density at radius 1 is 1.12 bits per heavy atom. The lowest BCUT2D eigenvalue weighted by Crippen LogP contribution is -2.46. The second-order valence-corrected chi connectivity index (χ2v) is 6.24. The van der Waals surface area contributed by atoms with Crippen LogP contribution in [0.3, 0.4) is 0 Å². The number of nitrogens with one attached hydrogen (secondary N) is 1. The van der Waals surface area contributed by atoms with Crippen LogP contribution in [-0.4, -0.2) is 47.1 Å². The average molecular weight is 339 g/mol. The number of phenols is 1. The van der Waals surface area contributed by atoms with E-state index in [1.807, 2.05) is 41.3 Å². The third-order valence-corrected chi connectivity index (χ3v) is 4.81. The van der Waals surface area contributed by atoms with Crippen molar-refractivity contribution in [2.24, 2.45) is 0 Å². The molecule has 25 heavy (non-hydrogen) atoms. The minimum absolute atomic E-state index is 0.0980. The Kier molecular flexibility index (Phi) is 5.24. The Morgan fingerprint density at radius 3 is 2.60 bits per heavy atom. The van der Waals surface area contributed by atoms with Crippen molar-refractivity contribution in [3.63, 3.8) is 0 Å². The quantitative estimate of drug-likeness (QED) is 0.844. The number of aromatic hydroxyl groups is 1. The van der Waals surface area contributed by atoms with Crippen molar-refractivity contribution in [1.29, 1.82) is 0 Å². The van der Waals surface area contributed by atoms with Crippen LogP contribution in [-0.2, 0) is 0 Å². The number of benzene rings is 2.